The summed E-state index contributed by atoms with van der Waals surface area (Å²) in [5, 5.41) is 3.99. The average molecular weight is 289 g/mol. The van der Waals surface area contributed by atoms with Crippen LogP contribution in [0.1, 0.15) is 6.42 Å². The van der Waals surface area contributed by atoms with Crippen LogP contribution in [0.25, 0.3) is 0 Å². The van der Waals surface area contributed by atoms with Crippen LogP contribution in [0, 0.1) is 0 Å². The van der Waals surface area contributed by atoms with E-state index in [4.69, 9.17) is 5.73 Å². The van der Waals surface area contributed by atoms with E-state index in [1.165, 1.54) is 16.7 Å². The van der Waals surface area contributed by atoms with Gasteiger partial charge in [-0.2, -0.15) is 5.10 Å². The number of nitrogens with zero attached hydrogens (tertiary/aromatic N) is 4. The standard InChI is InChI=1S/C11H23N5O2S/c1-14(2)6-4-7-15(3)19(17,18)11-9-13-16(10-11)8-5-12/h9-10H,4-8,12H2,1-3H3. The second-order valence-corrected chi connectivity index (χ2v) is 6.76. The Labute approximate surface area is 115 Å². The van der Waals surface area contributed by atoms with Crippen molar-refractivity contribution in [2.45, 2.75) is 17.9 Å². The van der Waals surface area contributed by atoms with E-state index in [1.807, 2.05) is 19.0 Å². The monoisotopic (exact) mass is 289 g/mol. The minimum atomic E-state index is -3.44. The Balaban J connectivity index is 2.67. The van der Waals surface area contributed by atoms with Gasteiger partial charge in [0.1, 0.15) is 4.90 Å². The number of nitrogens with two attached hydrogens (primary N) is 1. The molecule has 2 N–H and O–H groups in total. The highest BCUT2D eigenvalue weighted by Gasteiger charge is 2.22. The van der Waals surface area contributed by atoms with Crippen LogP contribution in [0.4, 0.5) is 0 Å². The van der Waals surface area contributed by atoms with Gasteiger partial charge in [0.25, 0.3) is 0 Å². The Kier molecular flexibility index (Phi) is 5.92. The highest BCUT2D eigenvalue weighted by Crippen LogP contribution is 2.13. The van der Waals surface area contributed by atoms with Gasteiger partial charge in [0.15, 0.2) is 0 Å². The van der Waals surface area contributed by atoms with Gasteiger partial charge in [-0.05, 0) is 27.1 Å². The molecule has 0 unspecified atom stereocenters. The quantitative estimate of drug-likeness (QED) is 0.692. The lowest BCUT2D eigenvalue weighted by molar-refractivity contribution is 0.370. The lowest BCUT2D eigenvalue weighted by atomic mass is 10.4. The highest BCUT2D eigenvalue weighted by molar-refractivity contribution is 7.89. The Morgan fingerprint density at radius 2 is 2.00 bits per heavy atom. The summed E-state index contributed by atoms with van der Waals surface area (Å²) < 4.78 is 27.4. The van der Waals surface area contributed by atoms with Gasteiger partial charge < -0.3 is 10.6 Å². The lowest BCUT2D eigenvalue weighted by Gasteiger charge is -2.17. The topological polar surface area (TPSA) is 84.5 Å². The van der Waals surface area contributed by atoms with Gasteiger partial charge in [-0.25, -0.2) is 12.7 Å². The predicted octanol–water partition coefficient (Wildman–Crippen LogP) is -0.586. The molecule has 0 spiro atoms. The molecule has 0 aliphatic carbocycles. The zero-order valence-electron chi connectivity index (χ0n) is 11.8. The van der Waals surface area contributed by atoms with Crippen molar-refractivity contribution in [1.29, 1.82) is 0 Å². The van der Waals surface area contributed by atoms with E-state index in [0.29, 0.717) is 19.6 Å². The molecule has 0 aliphatic rings. The van der Waals surface area contributed by atoms with E-state index in [2.05, 4.69) is 5.10 Å². The van der Waals surface area contributed by atoms with Crippen LogP contribution >= 0.6 is 0 Å². The smallest absolute Gasteiger partial charge is 0.245 e. The zero-order chi connectivity index (χ0) is 14.5. The van der Waals surface area contributed by atoms with E-state index in [0.717, 1.165) is 13.0 Å². The van der Waals surface area contributed by atoms with Crippen molar-refractivity contribution in [2.75, 3.05) is 40.8 Å². The van der Waals surface area contributed by atoms with Crippen molar-refractivity contribution < 1.29 is 8.42 Å². The fourth-order valence-corrected chi connectivity index (χ4v) is 2.81. The summed E-state index contributed by atoms with van der Waals surface area (Å²) in [6.45, 7) is 2.29. The largest absolute Gasteiger partial charge is 0.329 e. The molecule has 1 rings (SSSR count). The maximum Gasteiger partial charge on any atom is 0.245 e. The van der Waals surface area contributed by atoms with Crippen LogP contribution in [-0.2, 0) is 16.6 Å². The van der Waals surface area contributed by atoms with E-state index in [9.17, 15) is 8.42 Å². The molecule has 0 aliphatic heterocycles. The molecular formula is C11H23N5O2S. The second-order valence-electron chi connectivity index (χ2n) is 4.71. The van der Waals surface area contributed by atoms with Crippen LogP contribution in [0.2, 0.25) is 0 Å². The summed E-state index contributed by atoms with van der Waals surface area (Å²) in [7, 11) is 2.07. The number of aromatic nitrogens is 2. The first-order valence-electron chi connectivity index (χ1n) is 6.21. The van der Waals surface area contributed by atoms with Crippen LogP contribution in [0.5, 0.6) is 0 Å². The first kappa shape index (κ1) is 16.1. The summed E-state index contributed by atoms with van der Waals surface area (Å²) in [4.78, 5) is 2.24. The molecule has 0 amide bonds. The SMILES string of the molecule is CN(C)CCCN(C)S(=O)(=O)c1cnn(CCN)c1. The van der Waals surface area contributed by atoms with Gasteiger partial charge in [0.05, 0.1) is 12.7 Å². The van der Waals surface area contributed by atoms with Crippen LogP contribution < -0.4 is 5.73 Å². The van der Waals surface area contributed by atoms with Gasteiger partial charge in [0, 0.05) is 26.3 Å². The van der Waals surface area contributed by atoms with Crippen molar-refractivity contribution >= 4 is 10.0 Å². The Bertz CT molecular complexity index is 483. The maximum absolute atomic E-state index is 12.3. The van der Waals surface area contributed by atoms with E-state index < -0.39 is 10.0 Å². The van der Waals surface area contributed by atoms with Crippen molar-refractivity contribution in [2.24, 2.45) is 5.73 Å². The minimum absolute atomic E-state index is 0.216. The van der Waals surface area contributed by atoms with E-state index in [1.54, 1.807) is 11.7 Å². The Morgan fingerprint density at radius 3 is 2.58 bits per heavy atom. The molecule has 8 heteroatoms. The normalized spacial score (nSPS) is 12.5. The third kappa shape index (κ3) is 4.57. The van der Waals surface area contributed by atoms with E-state index in [-0.39, 0.29) is 4.90 Å². The molecule has 0 saturated carbocycles. The molecule has 0 fully saturated rings. The Morgan fingerprint density at radius 1 is 1.32 bits per heavy atom. The van der Waals surface area contributed by atoms with Crippen LogP contribution in [0.3, 0.4) is 0 Å². The number of sulfonamides is 1. The molecule has 0 radical (unpaired) electrons. The van der Waals surface area contributed by atoms with Crippen LogP contribution in [-0.4, -0.2) is 68.2 Å². The van der Waals surface area contributed by atoms with Crippen molar-refractivity contribution in [3.63, 3.8) is 0 Å². The molecule has 1 heterocycles. The fourth-order valence-electron chi connectivity index (χ4n) is 1.64. The molecule has 0 atom stereocenters. The lowest BCUT2D eigenvalue weighted by Crippen LogP contribution is -2.29. The molecule has 1 aromatic rings. The maximum atomic E-state index is 12.3. The third-order valence-electron chi connectivity index (χ3n) is 2.75. The molecule has 1 aromatic heterocycles. The second kappa shape index (κ2) is 6.99. The van der Waals surface area contributed by atoms with Crippen molar-refractivity contribution in [3.05, 3.63) is 12.4 Å². The number of hydrogen-bond donors (Lipinski definition) is 1. The van der Waals surface area contributed by atoms with Gasteiger partial charge in [-0.3, -0.25) is 4.68 Å². The first-order chi connectivity index (χ1) is 8.87. The predicted molar refractivity (Wildman–Crippen MR) is 74.3 cm³/mol. The van der Waals surface area contributed by atoms with Gasteiger partial charge in [-0.15, -0.1) is 0 Å². The summed E-state index contributed by atoms with van der Waals surface area (Å²) in [6.07, 6.45) is 3.68. The average Bonchev–Trinajstić information content (AvgIpc) is 2.78. The summed E-state index contributed by atoms with van der Waals surface area (Å²) in [5.74, 6) is 0. The van der Waals surface area contributed by atoms with Gasteiger partial charge in [-0.1, -0.05) is 0 Å². The van der Waals surface area contributed by atoms with E-state index >= 15 is 0 Å². The van der Waals surface area contributed by atoms with Crippen molar-refractivity contribution in [1.82, 2.24) is 19.0 Å². The zero-order valence-corrected chi connectivity index (χ0v) is 12.6. The van der Waals surface area contributed by atoms with Crippen LogP contribution in [0.15, 0.2) is 17.3 Å². The minimum Gasteiger partial charge on any atom is -0.329 e. The molecule has 0 bridgehead atoms. The molecule has 0 aromatic carbocycles. The summed E-state index contributed by atoms with van der Waals surface area (Å²) in [6, 6.07) is 0. The van der Waals surface area contributed by atoms with Gasteiger partial charge in [0.2, 0.25) is 10.0 Å². The third-order valence-corrected chi connectivity index (χ3v) is 4.56. The number of rotatable bonds is 8. The molecule has 7 nitrogen and oxygen atoms in total. The number of hydrogen-bond acceptors (Lipinski definition) is 5. The van der Waals surface area contributed by atoms with Gasteiger partial charge >= 0.3 is 0 Å². The molecule has 0 saturated heterocycles. The summed E-state index contributed by atoms with van der Waals surface area (Å²) in [5.41, 5.74) is 5.41. The van der Waals surface area contributed by atoms with Crippen molar-refractivity contribution in [3.8, 4) is 0 Å². The fraction of sp³-hybridized carbons (Fsp3) is 0.727. The summed E-state index contributed by atoms with van der Waals surface area (Å²) >= 11 is 0. The molecule has 110 valence electrons. The highest BCUT2D eigenvalue weighted by atomic mass is 32.2. The molecular weight excluding hydrogens is 266 g/mol. The Hall–Kier alpha value is -0.960. The first-order valence-corrected chi connectivity index (χ1v) is 7.65. The molecule has 19 heavy (non-hydrogen) atoms.